The maximum absolute atomic E-state index is 11.8. The van der Waals surface area contributed by atoms with Crippen molar-refractivity contribution in [2.75, 3.05) is 0 Å². The molecule has 6 heteroatoms. The van der Waals surface area contributed by atoms with Crippen LogP contribution in [0.1, 0.15) is 57.6 Å². The lowest BCUT2D eigenvalue weighted by Gasteiger charge is -2.18. The molecule has 1 aromatic carbocycles. The zero-order valence-electron chi connectivity index (χ0n) is 14.2. The normalized spacial score (nSPS) is 13.1. The third-order valence-corrected chi connectivity index (χ3v) is 5.15. The Kier molecular flexibility index (Phi) is 6.07. The summed E-state index contributed by atoms with van der Waals surface area (Å²) in [5.74, 6) is 0.103. The summed E-state index contributed by atoms with van der Waals surface area (Å²) in [5, 5.41) is 6.65. The Morgan fingerprint density at radius 3 is 2.58 bits per heavy atom. The summed E-state index contributed by atoms with van der Waals surface area (Å²) in [6.07, 6.45) is 6.09. The standard InChI is InChI=1S/C18H24N2O3S/c1-3-4-5-7-14(12-13(2)21)18-16-8-6-9-17(24(19,22)23)15(16)10-11-20-18/h6,8-11,14H,3-5,7,12H2,1-2H3,(H2,19,22,23). The highest BCUT2D eigenvalue weighted by Crippen LogP contribution is 2.32. The number of carbonyl (C=O) groups excluding carboxylic acids is 1. The minimum absolute atomic E-state index is 0.00604. The number of unbranched alkanes of at least 4 members (excludes halogenated alkanes) is 2. The van der Waals surface area contributed by atoms with Crippen molar-refractivity contribution in [2.45, 2.75) is 56.8 Å². The maximum Gasteiger partial charge on any atom is 0.238 e. The van der Waals surface area contributed by atoms with Gasteiger partial charge in [-0.05, 0) is 25.5 Å². The highest BCUT2D eigenvalue weighted by molar-refractivity contribution is 7.89. The molecule has 0 saturated heterocycles. The second-order valence-corrected chi connectivity index (χ2v) is 7.72. The molecule has 0 radical (unpaired) electrons. The number of carbonyl (C=O) groups is 1. The van der Waals surface area contributed by atoms with Crippen molar-refractivity contribution in [3.63, 3.8) is 0 Å². The second-order valence-electron chi connectivity index (χ2n) is 6.19. The zero-order valence-corrected chi connectivity index (χ0v) is 15.0. The van der Waals surface area contributed by atoms with Gasteiger partial charge in [0.15, 0.2) is 0 Å². The van der Waals surface area contributed by atoms with Crippen LogP contribution in [0.2, 0.25) is 0 Å². The number of nitrogens with zero attached hydrogens (tertiary/aromatic N) is 1. The molecule has 2 aromatic rings. The highest BCUT2D eigenvalue weighted by Gasteiger charge is 2.20. The lowest BCUT2D eigenvalue weighted by molar-refractivity contribution is -0.117. The summed E-state index contributed by atoms with van der Waals surface area (Å²) in [7, 11) is -3.81. The minimum atomic E-state index is -3.81. The number of Topliss-reactive ketones (excluding diaryl/α,β-unsaturated/α-hetero) is 1. The summed E-state index contributed by atoms with van der Waals surface area (Å²) in [6.45, 7) is 3.71. The summed E-state index contributed by atoms with van der Waals surface area (Å²) < 4.78 is 23.6. The van der Waals surface area contributed by atoms with Crippen molar-refractivity contribution in [2.24, 2.45) is 5.14 Å². The van der Waals surface area contributed by atoms with Crippen LogP contribution in [0.15, 0.2) is 35.4 Å². The van der Waals surface area contributed by atoms with Crippen LogP contribution in [0, 0.1) is 0 Å². The Morgan fingerprint density at radius 2 is 1.96 bits per heavy atom. The number of fused-ring (bicyclic) bond motifs is 1. The van der Waals surface area contributed by atoms with Crippen LogP contribution in [0.4, 0.5) is 0 Å². The number of rotatable bonds is 8. The molecule has 0 bridgehead atoms. The summed E-state index contributed by atoms with van der Waals surface area (Å²) in [6, 6.07) is 6.68. The molecular formula is C18H24N2O3S. The average molecular weight is 348 g/mol. The second kappa shape index (κ2) is 7.85. The molecular weight excluding hydrogens is 324 g/mol. The van der Waals surface area contributed by atoms with Gasteiger partial charge < -0.3 is 4.79 Å². The lowest BCUT2D eigenvalue weighted by atomic mass is 9.90. The van der Waals surface area contributed by atoms with Crippen LogP contribution >= 0.6 is 0 Å². The molecule has 0 aliphatic rings. The van der Waals surface area contributed by atoms with E-state index in [-0.39, 0.29) is 16.6 Å². The molecule has 2 rings (SSSR count). The Hall–Kier alpha value is -1.79. The van der Waals surface area contributed by atoms with E-state index in [4.69, 9.17) is 5.14 Å². The molecule has 0 spiro atoms. The molecule has 5 nitrogen and oxygen atoms in total. The van der Waals surface area contributed by atoms with Gasteiger partial charge >= 0.3 is 0 Å². The van der Waals surface area contributed by atoms with Crippen molar-refractivity contribution < 1.29 is 13.2 Å². The Morgan fingerprint density at radius 1 is 1.21 bits per heavy atom. The van der Waals surface area contributed by atoms with Gasteiger partial charge in [-0.25, -0.2) is 13.6 Å². The number of nitrogens with two attached hydrogens (primary N) is 1. The van der Waals surface area contributed by atoms with Gasteiger partial charge in [-0.15, -0.1) is 0 Å². The molecule has 1 aromatic heterocycles. The van der Waals surface area contributed by atoms with Crippen LogP contribution in [0.5, 0.6) is 0 Å². The van der Waals surface area contributed by atoms with Crippen LogP contribution < -0.4 is 5.14 Å². The molecule has 0 aliphatic heterocycles. The fourth-order valence-corrected chi connectivity index (χ4v) is 3.85. The average Bonchev–Trinajstić information content (AvgIpc) is 2.51. The first-order valence-corrected chi connectivity index (χ1v) is 9.79. The van der Waals surface area contributed by atoms with Crippen molar-refractivity contribution >= 4 is 26.6 Å². The fraction of sp³-hybridized carbons (Fsp3) is 0.444. The number of hydrogen-bond donors (Lipinski definition) is 1. The number of aromatic nitrogens is 1. The van der Waals surface area contributed by atoms with E-state index in [1.807, 2.05) is 6.07 Å². The first kappa shape index (κ1) is 18.5. The van der Waals surface area contributed by atoms with E-state index >= 15 is 0 Å². The molecule has 1 unspecified atom stereocenters. The quantitative estimate of drug-likeness (QED) is 0.739. The van der Waals surface area contributed by atoms with Gasteiger partial charge in [0, 0.05) is 29.3 Å². The zero-order chi connectivity index (χ0) is 17.7. The monoisotopic (exact) mass is 348 g/mol. The molecule has 130 valence electrons. The van der Waals surface area contributed by atoms with Gasteiger partial charge in [-0.2, -0.15) is 0 Å². The molecule has 0 aliphatic carbocycles. The molecule has 24 heavy (non-hydrogen) atoms. The third kappa shape index (κ3) is 4.39. The Bertz CT molecular complexity index is 831. The highest BCUT2D eigenvalue weighted by atomic mass is 32.2. The van der Waals surface area contributed by atoms with Gasteiger partial charge in [0.25, 0.3) is 0 Å². The number of sulfonamides is 1. The first-order chi connectivity index (χ1) is 11.3. The molecule has 0 fully saturated rings. The summed E-state index contributed by atoms with van der Waals surface area (Å²) >= 11 is 0. The predicted octanol–water partition coefficient (Wildman–Crippen LogP) is 3.53. The van der Waals surface area contributed by atoms with Crippen LogP contribution in [-0.2, 0) is 14.8 Å². The molecule has 0 saturated carbocycles. The number of pyridine rings is 1. The fourth-order valence-electron chi connectivity index (χ4n) is 3.10. The van der Waals surface area contributed by atoms with Gasteiger partial charge in [-0.3, -0.25) is 4.98 Å². The van der Waals surface area contributed by atoms with Gasteiger partial charge in [0.1, 0.15) is 5.78 Å². The largest absolute Gasteiger partial charge is 0.300 e. The lowest BCUT2D eigenvalue weighted by Crippen LogP contribution is -2.13. The van der Waals surface area contributed by atoms with Gasteiger partial charge in [-0.1, -0.05) is 38.3 Å². The minimum Gasteiger partial charge on any atom is -0.300 e. The molecule has 0 amide bonds. The topological polar surface area (TPSA) is 90.1 Å². The predicted molar refractivity (Wildman–Crippen MR) is 95.3 cm³/mol. The van der Waals surface area contributed by atoms with E-state index in [0.29, 0.717) is 11.8 Å². The van der Waals surface area contributed by atoms with E-state index in [9.17, 15) is 13.2 Å². The summed E-state index contributed by atoms with van der Waals surface area (Å²) in [4.78, 5) is 16.2. The molecule has 1 heterocycles. The van der Waals surface area contributed by atoms with E-state index < -0.39 is 10.0 Å². The third-order valence-electron chi connectivity index (χ3n) is 4.18. The van der Waals surface area contributed by atoms with E-state index in [0.717, 1.165) is 36.8 Å². The maximum atomic E-state index is 11.8. The van der Waals surface area contributed by atoms with Gasteiger partial charge in [0.2, 0.25) is 10.0 Å². The number of ketones is 1. The van der Waals surface area contributed by atoms with Crippen molar-refractivity contribution in [1.29, 1.82) is 0 Å². The van der Waals surface area contributed by atoms with Crippen LogP contribution in [0.3, 0.4) is 0 Å². The van der Waals surface area contributed by atoms with Crippen molar-refractivity contribution in [3.8, 4) is 0 Å². The Balaban J connectivity index is 2.54. The van der Waals surface area contributed by atoms with Crippen molar-refractivity contribution in [1.82, 2.24) is 4.98 Å². The first-order valence-electron chi connectivity index (χ1n) is 8.24. The Labute approximate surface area is 143 Å². The van der Waals surface area contributed by atoms with E-state index in [1.165, 1.54) is 6.07 Å². The number of benzene rings is 1. The van der Waals surface area contributed by atoms with Crippen LogP contribution in [-0.4, -0.2) is 19.2 Å². The smallest absolute Gasteiger partial charge is 0.238 e. The summed E-state index contributed by atoms with van der Waals surface area (Å²) in [5.41, 5.74) is 0.782. The number of primary sulfonamides is 1. The van der Waals surface area contributed by atoms with Crippen LogP contribution in [0.25, 0.3) is 10.8 Å². The number of hydrogen-bond acceptors (Lipinski definition) is 4. The van der Waals surface area contributed by atoms with Gasteiger partial charge in [0.05, 0.1) is 10.6 Å². The molecule has 2 N–H and O–H groups in total. The SMILES string of the molecule is CCCCCC(CC(C)=O)c1nccc2c(S(N)(=O)=O)cccc12. The van der Waals surface area contributed by atoms with E-state index in [1.54, 1.807) is 25.3 Å². The van der Waals surface area contributed by atoms with E-state index in [2.05, 4.69) is 11.9 Å². The molecule has 1 atom stereocenters. The van der Waals surface area contributed by atoms with Crippen molar-refractivity contribution in [3.05, 3.63) is 36.2 Å².